The molecule has 3 rings (SSSR count). The molecule has 2 atom stereocenters. The number of halogens is 3. The number of aromatic carboxylic acids is 1. The Bertz CT molecular complexity index is 800. The van der Waals surface area contributed by atoms with Crippen LogP contribution in [-0.4, -0.2) is 21.8 Å². The lowest BCUT2D eigenvalue weighted by atomic mass is 10.1. The van der Waals surface area contributed by atoms with E-state index >= 15 is 0 Å². The van der Waals surface area contributed by atoms with Crippen molar-refractivity contribution in [2.45, 2.75) is 18.6 Å². The number of rotatable bonds is 2. The number of carboxylic acid groups (broad SMARTS) is 1. The second-order valence-electron chi connectivity index (χ2n) is 4.69. The highest BCUT2D eigenvalue weighted by Gasteiger charge is 2.40. The molecule has 0 spiro atoms. The third-order valence-electron chi connectivity index (χ3n) is 3.31. The number of carbonyl (C=O) groups is 1. The van der Waals surface area contributed by atoms with E-state index in [-0.39, 0.29) is 11.9 Å². The van der Waals surface area contributed by atoms with E-state index in [1.807, 2.05) is 0 Å². The Morgan fingerprint density at radius 1 is 1.35 bits per heavy atom. The molecule has 104 valence electrons. The summed E-state index contributed by atoms with van der Waals surface area (Å²) in [6.45, 7) is 0. The number of hydrogen-bond acceptors (Lipinski definition) is 2. The lowest BCUT2D eigenvalue weighted by Gasteiger charge is -2.12. The van der Waals surface area contributed by atoms with Crippen molar-refractivity contribution >= 4 is 16.9 Å². The normalized spacial score (nSPS) is 21.1. The van der Waals surface area contributed by atoms with Gasteiger partial charge in [0.05, 0.1) is 16.9 Å². The first-order chi connectivity index (χ1) is 9.40. The van der Waals surface area contributed by atoms with E-state index < -0.39 is 46.2 Å². The fourth-order valence-electron chi connectivity index (χ4n) is 2.26. The van der Waals surface area contributed by atoms with E-state index in [9.17, 15) is 22.8 Å². The number of nitrogens with zero attached hydrogens (tertiary/aromatic N) is 1. The van der Waals surface area contributed by atoms with E-state index in [1.54, 1.807) is 0 Å². The summed E-state index contributed by atoms with van der Waals surface area (Å²) in [7, 11) is 0. The average Bonchev–Trinajstić information content (AvgIpc) is 3.07. The minimum absolute atomic E-state index is 0.105. The molecule has 1 aliphatic carbocycles. The van der Waals surface area contributed by atoms with Crippen LogP contribution in [-0.2, 0) is 0 Å². The lowest BCUT2D eigenvalue weighted by molar-refractivity contribution is 0.0694. The molecule has 7 heteroatoms. The number of fused-ring (bicyclic) bond motifs is 1. The van der Waals surface area contributed by atoms with Crippen LogP contribution in [0.2, 0.25) is 0 Å². The van der Waals surface area contributed by atoms with E-state index in [0.29, 0.717) is 6.07 Å². The standard InChI is InChI=1S/C13H8F3NO3/c14-5-1-6-11(9(16)2-5)17(10-3-8(10)15)4-7(12(6)18)13(19)20/h1-2,4,8,10H,3H2,(H,19,20)/t8-,10+/m0/s1. The highest BCUT2D eigenvalue weighted by molar-refractivity contribution is 5.92. The molecule has 1 aliphatic rings. The summed E-state index contributed by atoms with van der Waals surface area (Å²) in [5.41, 5.74) is -1.90. The Kier molecular flexibility index (Phi) is 2.60. The zero-order valence-corrected chi connectivity index (χ0v) is 9.94. The van der Waals surface area contributed by atoms with Gasteiger partial charge in [-0.25, -0.2) is 18.0 Å². The summed E-state index contributed by atoms with van der Waals surface area (Å²) >= 11 is 0. The number of alkyl halides is 1. The number of aromatic nitrogens is 1. The highest BCUT2D eigenvalue weighted by Crippen LogP contribution is 2.40. The molecule has 1 aromatic heterocycles. The van der Waals surface area contributed by atoms with E-state index in [2.05, 4.69) is 0 Å². The molecule has 0 aliphatic heterocycles. The van der Waals surface area contributed by atoms with Gasteiger partial charge in [-0.1, -0.05) is 0 Å². The zero-order valence-electron chi connectivity index (χ0n) is 9.94. The van der Waals surface area contributed by atoms with E-state index in [0.717, 1.165) is 16.8 Å². The number of benzene rings is 1. The van der Waals surface area contributed by atoms with Gasteiger partial charge in [-0.3, -0.25) is 4.79 Å². The predicted octanol–water partition coefficient (Wildman–Crippen LogP) is 2.26. The molecule has 20 heavy (non-hydrogen) atoms. The Hall–Kier alpha value is -2.31. The van der Waals surface area contributed by atoms with Crippen molar-refractivity contribution in [3.63, 3.8) is 0 Å². The number of hydrogen-bond donors (Lipinski definition) is 1. The minimum atomic E-state index is -1.52. The largest absolute Gasteiger partial charge is 0.477 e. The molecule has 1 N–H and O–H groups in total. The maximum absolute atomic E-state index is 13.9. The van der Waals surface area contributed by atoms with Gasteiger partial charge in [0.1, 0.15) is 17.6 Å². The molecular formula is C13H8F3NO3. The van der Waals surface area contributed by atoms with Crippen LogP contribution in [0, 0.1) is 11.6 Å². The number of carboxylic acids is 1. The Balaban J connectivity index is 2.45. The van der Waals surface area contributed by atoms with Crippen molar-refractivity contribution in [2.75, 3.05) is 0 Å². The second kappa shape index (κ2) is 4.09. The van der Waals surface area contributed by atoms with Crippen molar-refractivity contribution in [3.05, 3.63) is 45.8 Å². The van der Waals surface area contributed by atoms with Crippen LogP contribution in [0.4, 0.5) is 13.2 Å². The van der Waals surface area contributed by atoms with Crippen LogP contribution in [0.3, 0.4) is 0 Å². The fourth-order valence-corrected chi connectivity index (χ4v) is 2.26. The Morgan fingerprint density at radius 3 is 2.55 bits per heavy atom. The molecule has 1 heterocycles. The minimum Gasteiger partial charge on any atom is -0.477 e. The molecule has 1 aromatic carbocycles. The molecule has 0 bridgehead atoms. The maximum atomic E-state index is 13.9. The second-order valence-corrected chi connectivity index (χ2v) is 4.69. The highest BCUT2D eigenvalue weighted by atomic mass is 19.1. The van der Waals surface area contributed by atoms with Gasteiger partial charge in [0, 0.05) is 18.7 Å². The van der Waals surface area contributed by atoms with Crippen molar-refractivity contribution in [1.29, 1.82) is 0 Å². The Labute approximate surface area is 110 Å². The molecule has 0 unspecified atom stereocenters. The molecule has 1 saturated carbocycles. The quantitative estimate of drug-likeness (QED) is 0.919. The third-order valence-corrected chi connectivity index (χ3v) is 3.31. The fraction of sp³-hybridized carbons (Fsp3) is 0.231. The van der Waals surface area contributed by atoms with Gasteiger partial charge in [0.25, 0.3) is 0 Å². The van der Waals surface area contributed by atoms with Crippen molar-refractivity contribution in [3.8, 4) is 0 Å². The summed E-state index contributed by atoms with van der Waals surface area (Å²) in [5, 5.41) is 8.56. The molecular weight excluding hydrogens is 275 g/mol. The van der Waals surface area contributed by atoms with Gasteiger partial charge in [-0.05, 0) is 6.07 Å². The van der Waals surface area contributed by atoms with Gasteiger partial charge in [0.2, 0.25) is 5.43 Å². The molecule has 1 fully saturated rings. The predicted molar refractivity (Wildman–Crippen MR) is 63.6 cm³/mol. The van der Waals surface area contributed by atoms with Crippen LogP contribution >= 0.6 is 0 Å². The van der Waals surface area contributed by atoms with Crippen molar-refractivity contribution in [2.24, 2.45) is 0 Å². The monoisotopic (exact) mass is 283 g/mol. The van der Waals surface area contributed by atoms with Gasteiger partial charge in [-0.2, -0.15) is 0 Å². The van der Waals surface area contributed by atoms with E-state index in [4.69, 9.17) is 5.11 Å². The maximum Gasteiger partial charge on any atom is 0.341 e. The van der Waals surface area contributed by atoms with Crippen LogP contribution in [0.5, 0.6) is 0 Å². The molecule has 4 nitrogen and oxygen atoms in total. The first-order valence-corrected chi connectivity index (χ1v) is 5.81. The molecule has 2 aromatic rings. The summed E-state index contributed by atoms with van der Waals surface area (Å²) < 4.78 is 41.4. The Morgan fingerprint density at radius 2 is 2.00 bits per heavy atom. The smallest absolute Gasteiger partial charge is 0.341 e. The summed E-state index contributed by atoms with van der Waals surface area (Å²) in [5.74, 6) is -3.53. The topological polar surface area (TPSA) is 59.3 Å². The third kappa shape index (κ3) is 1.77. The van der Waals surface area contributed by atoms with E-state index in [1.165, 1.54) is 0 Å². The summed E-state index contributed by atoms with van der Waals surface area (Å²) in [4.78, 5) is 22.9. The van der Waals surface area contributed by atoms with Gasteiger partial charge in [-0.15, -0.1) is 0 Å². The van der Waals surface area contributed by atoms with Gasteiger partial charge >= 0.3 is 5.97 Å². The average molecular weight is 283 g/mol. The molecule has 0 radical (unpaired) electrons. The lowest BCUT2D eigenvalue weighted by Crippen LogP contribution is -2.20. The number of pyridine rings is 1. The van der Waals surface area contributed by atoms with Gasteiger partial charge in [0.15, 0.2) is 5.82 Å². The summed E-state index contributed by atoms with van der Waals surface area (Å²) in [6.07, 6.45) is -0.210. The van der Waals surface area contributed by atoms with Crippen LogP contribution in [0.25, 0.3) is 10.9 Å². The first kappa shape index (κ1) is 12.7. The van der Waals surface area contributed by atoms with Crippen LogP contribution in [0.1, 0.15) is 22.8 Å². The zero-order chi connectivity index (χ0) is 14.6. The SMILES string of the molecule is O=C(O)c1cn([C@@H]2C[C@@H]2F)c2c(F)cc(F)cc2c1=O. The van der Waals surface area contributed by atoms with Crippen molar-refractivity contribution in [1.82, 2.24) is 4.57 Å². The van der Waals surface area contributed by atoms with Gasteiger partial charge < -0.3 is 9.67 Å². The van der Waals surface area contributed by atoms with Crippen LogP contribution in [0.15, 0.2) is 23.1 Å². The molecule has 0 saturated heterocycles. The first-order valence-electron chi connectivity index (χ1n) is 5.81. The summed E-state index contributed by atoms with van der Waals surface area (Å²) in [6, 6.07) is 0.615. The van der Waals surface area contributed by atoms with Crippen molar-refractivity contribution < 1.29 is 23.1 Å². The molecule has 0 amide bonds. The van der Waals surface area contributed by atoms with Crippen LogP contribution < -0.4 is 5.43 Å².